The summed E-state index contributed by atoms with van der Waals surface area (Å²) in [6.07, 6.45) is 0. The minimum absolute atomic E-state index is 0.0525. The SMILES string of the molecule is CN(Cc1ccccc1)C(=O)c1cc(N)ccc1N1CCN(C(=O)NC(C)(C)C)CC1. The molecule has 0 aliphatic carbocycles. The van der Waals surface area contributed by atoms with E-state index in [0.29, 0.717) is 44.0 Å². The number of nitrogens with zero attached hydrogens (tertiary/aromatic N) is 3. The van der Waals surface area contributed by atoms with Gasteiger partial charge in [-0.05, 0) is 44.5 Å². The van der Waals surface area contributed by atoms with Crippen LogP contribution in [0.3, 0.4) is 0 Å². The van der Waals surface area contributed by atoms with Crippen molar-refractivity contribution in [3.63, 3.8) is 0 Å². The van der Waals surface area contributed by atoms with Crippen LogP contribution in [-0.4, -0.2) is 60.5 Å². The number of amides is 3. The number of nitrogens with two attached hydrogens (primary N) is 1. The second-order valence-corrected chi connectivity index (χ2v) is 9.08. The van der Waals surface area contributed by atoms with Crippen LogP contribution in [0.4, 0.5) is 16.2 Å². The van der Waals surface area contributed by atoms with Crippen LogP contribution in [-0.2, 0) is 6.54 Å². The Labute approximate surface area is 184 Å². The zero-order valence-electron chi connectivity index (χ0n) is 18.9. The molecule has 1 saturated heterocycles. The Balaban J connectivity index is 1.72. The lowest BCUT2D eigenvalue weighted by Gasteiger charge is -2.38. The van der Waals surface area contributed by atoms with Gasteiger partial charge in [0.15, 0.2) is 0 Å². The van der Waals surface area contributed by atoms with E-state index in [9.17, 15) is 9.59 Å². The lowest BCUT2D eigenvalue weighted by atomic mass is 10.1. The van der Waals surface area contributed by atoms with Gasteiger partial charge in [-0.25, -0.2) is 4.79 Å². The molecule has 1 aliphatic heterocycles. The van der Waals surface area contributed by atoms with Crippen LogP contribution in [0.25, 0.3) is 0 Å². The van der Waals surface area contributed by atoms with E-state index in [1.807, 2.05) is 68.1 Å². The molecule has 3 rings (SSSR count). The van der Waals surface area contributed by atoms with Crippen molar-refractivity contribution in [1.82, 2.24) is 15.1 Å². The van der Waals surface area contributed by atoms with Gasteiger partial charge in [0.25, 0.3) is 5.91 Å². The smallest absolute Gasteiger partial charge is 0.317 e. The standard InChI is InChI=1S/C24H33N5O2/c1-24(2,3)26-23(31)29-14-12-28(13-15-29)21-11-10-19(25)16-20(21)22(30)27(4)17-18-8-6-5-7-9-18/h5-11,16H,12-15,17,25H2,1-4H3,(H,26,31). The highest BCUT2D eigenvalue weighted by Crippen LogP contribution is 2.26. The maximum atomic E-state index is 13.3. The van der Waals surface area contributed by atoms with Crippen LogP contribution in [0.2, 0.25) is 0 Å². The summed E-state index contributed by atoms with van der Waals surface area (Å²) < 4.78 is 0. The highest BCUT2D eigenvalue weighted by Gasteiger charge is 2.27. The Bertz CT molecular complexity index is 915. The number of carbonyl (C=O) groups excluding carboxylic acids is 2. The van der Waals surface area contributed by atoms with E-state index in [1.165, 1.54) is 0 Å². The number of urea groups is 1. The van der Waals surface area contributed by atoms with Crippen molar-refractivity contribution in [3.05, 3.63) is 59.7 Å². The topological polar surface area (TPSA) is 81.9 Å². The van der Waals surface area contributed by atoms with Gasteiger partial charge >= 0.3 is 6.03 Å². The molecule has 3 N–H and O–H groups in total. The zero-order valence-corrected chi connectivity index (χ0v) is 18.9. The molecule has 1 fully saturated rings. The number of hydrogen-bond acceptors (Lipinski definition) is 4. The monoisotopic (exact) mass is 423 g/mol. The maximum absolute atomic E-state index is 13.3. The summed E-state index contributed by atoms with van der Waals surface area (Å²) in [7, 11) is 1.80. The molecule has 0 aromatic heterocycles. The van der Waals surface area contributed by atoms with Crippen LogP contribution in [0.15, 0.2) is 48.5 Å². The van der Waals surface area contributed by atoms with E-state index in [0.717, 1.165) is 11.3 Å². The van der Waals surface area contributed by atoms with E-state index in [2.05, 4.69) is 10.2 Å². The predicted molar refractivity (Wildman–Crippen MR) is 125 cm³/mol. The number of hydrogen-bond donors (Lipinski definition) is 2. The van der Waals surface area contributed by atoms with Crippen molar-refractivity contribution in [1.29, 1.82) is 0 Å². The fourth-order valence-electron chi connectivity index (χ4n) is 3.69. The highest BCUT2D eigenvalue weighted by molar-refractivity contribution is 6.00. The number of piperazine rings is 1. The van der Waals surface area contributed by atoms with Gasteiger partial charge in [0.2, 0.25) is 0 Å². The first-order chi connectivity index (χ1) is 14.6. The molecule has 2 aromatic rings. The van der Waals surface area contributed by atoms with Crippen LogP contribution in [0.5, 0.6) is 0 Å². The summed E-state index contributed by atoms with van der Waals surface area (Å²) in [6.45, 7) is 8.95. The number of anilines is 2. The van der Waals surface area contributed by atoms with Crippen LogP contribution in [0, 0.1) is 0 Å². The molecule has 0 unspecified atom stereocenters. The minimum Gasteiger partial charge on any atom is -0.399 e. The molecule has 31 heavy (non-hydrogen) atoms. The summed E-state index contributed by atoms with van der Waals surface area (Å²) in [5, 5.41) is 3.01. The van der Waals surface area contributed by atoms with E-state index in [4.69, 9.17) is 5.73 Å². The molecule has 3 amide bonds. The third kappa shape index (κ3) is 5.90. The first-order valence-electron chi connectivity index (χ1n) is 10.6. The van der Waals surface area contributed by atoms with Gasteiger partial charge in [0.1, 0.15) is 0 Å². The number of benzene rings is 2. The molecule has 166 valence electrons. The number of nitrogens with one attached hydrogen (secondary N) is 1. The van der Waals surface area contributed by atoms with Gasteiger partial charge in [-0.1, -0.05) is 30.3 Å². The molecule has 0 atom stereocenters. The Morgan fingerprint density at radius 3 is 2.29 bits per heavy atom. The molecule has 1 aliphatic rings. The Morgan fingerprint density at radius 1 is 1.03 bits per heavy atom. The molecule has 7 heteroatoms. The van der Waals surface area contributed by atoms with Crippen molar-refractivity contribution in [2.75, 3.05) is 43.9 Å². The molecular formula is C24H33N5O2. The van der Waals surface area contributed by atoms with Crippen LogP contribution >= 0.6 is 0 Å². The van der Waals surface area contributed by atoms with Crippen molar-refractivity contribution in [3.8, 4) is 0 Å². The molecular weight excluding hydrogens is 390 g/mol. The van der Waals surface area contributed by atoms with Gasteiger partial charge in [0, 0.05) is 56.7 Å². The average molecular weight is 424 g/mol. The first kappa shape index (κ1) is 22.5. The van der Waals surface area contributed by atoms with E-state index in [-0.39, 0.29) is 17.5 Å². The van der Waals surface area contributed by atoms with Gasteiger partial charge < -0.3 is 25.8 Å². The first-order valence-corrected chi connectivity index (χ1v) is 10.6. The lowest BCUT2D eigenvalue weighted by Crippen LogP contribution is -2.55. The molecule has 0 spiro atoms. The summed E-state index contributed by atoms with van der Waals surface area (Å²) in [4.78, 5) is 31.4. The van der Waals surface area contributed by atoms with Crippen molar-refractivity contribution in [2.45, 2.75) is 32.9 Å². The molecule has 0 saturated carbocycles. The molecule has 0 bridgehead atoms. The van der Waals surface area contributed by atoms with Crippen molar-refractivity contribution >= 4 is 23.3 Å². The van der Waals surface area contributed by atoms with Gasteiger partial charge in [-0.2, -0.15) is 0 Å². The van der Waals surface area contributed by atoms with E-state index >= 15 is 0 Å². The zero-order chi connectivity index (χ0) is 22.6. The third-order valence-corrected chi connectivity index (χ3v) is 5.25. The quantitative estimate of drug-likeness (QED) is 0.740. The summed E-state index contributed by atoms with van der Waals surface area (Å²) in [5.41, 5.74) is 8.82. The average Bonchev–Trinajstić information content (AvgIpc) is 2.73. The van der Waals surface area contributed by atoms with Gasteiger partial charge in [-0.3, -0.25) is 4.79 Å². The van der Waals surface area contributed by atoms with Crippen LogP contribution < -0.4 is 16.0 Å². The lowest BCUT2D eigenvalue weighted by molar-refractivity contribution is 0.0785. The molecule has 2 aromatic carbocycles. The maximum Gasteiger partial charge on any atom is 0.317 e. The highest BCUT2D eigenvalue weighted by atomic mass is 16.2. The van der Waals surface area contributed by atoms with E-state index in [1.54, 1.807) is 18.0 Å². The van der Waals surface area contributed by atoms with Gasteiger partial charge in [-0.15, -0.1) is 0 Å². The molecule has 7 nitrogen and oxygen atoms in total. The van der Waals surface area contributed by atoms with Crippen molar-refractivity contribution in [2.24, 2.45) is 0 Å². The van der Waals surface area contributed by atoms with E-state index < -0.39 is 0 Å². The summed E-state index contributed by atoms with van der Waals surface area (Å²) >= 11 is 0. The van der Waals surface area contributed by atoms with Gasteiger partial charge in [0.05, 0.1) is 5.56 Å². The second-order valence-electron chi connectivity index (χ2n) is 9.08. The predicted octanol–water partition coefficient (Wildman–Crippen LogP) is 3.17. The normalized spacial score (nSPS) is 14.3. The molecule has 1 heterocycles. The van der Waals surface area contributed by atoms with Crippen molar-refractivity contribution < 1.29 is 9.59 Å². The molecule has 0 radical (unpaired) electrons. The minimum atomic E-state index is -0.270. The second kappa shape index (κ2) is 9.29. The number of rotatable bonds is 4. The Morgan fingerprint density at radius 2 is 1.68 bits per heavy atom. The number of nitrogen functional groups attached to an aromatic ring is 1. The largest absolute Gasteiger partial charge is 0.399 e. The fourth-order valence-corrected chi connectivity index (χ4v) is 3.69. The fraction of sp³-hybridized carbons (Fsp3) is 0.417. The Hall–Kier alpha value is -3.22. The summed E-state index contributed by atoms with van der Waals surface area (Å²) in [5.74, 6) is -0.0703. The Kier molecular flexibility index (Phi) is 6.73. The number of carbonyl (C=O) groups is 2. The van der Waals surface area contributed by atoms with Crippen LogP contribution in [0.1, 0.15) is 36.7 Å². The summed E-state index contributed by atoms with van der Waals surface area (Å²) in [6, 6.07) is 15.3. The third-order valence-electron chi connectivity index (χ3n) is 5.25.